The van der Waals surface area contributed by atoms with Gasteiger partial charge >= 0.3 is 0 Å². The minimum absolute atomic E-state index is 0.344. The maximum absolute atomic E-state index is 12.0. The lowest BCUT2D eigenvalue weighted by Crippen LogP contribution is -2.48. The van der Waals surface area contributed by atoms with Crippen molar-refractivity contribution in [2.45, 2.75) is 44.2 Å². The third kappa shape index (κ3) is 2.08. The van der Waals surface area contributed by atoms with Crippen LogP contribution in [0.25, 0.3) is 0 Å². The molecule has 3 rings (SSSR count). The molecule has 2 N–H and O–H groups in total. The van der Waals surface area contributed by atoms with Crippen molar-refractivity contribution in [3.8, 4) is 0 Å². The Kier molecular flexibility index (Phi) is 3.09. The van der Waals surface area contributed by atoms with Gasteiger partial charge in [0.1, 0.15) is 0 Å². The van der Waals surface area contributed by atoms with E-state index in [0.717, 1.165) is 12.6 Å². The van der Waals surface area contributed by atoms with Crippen molar-refractivity contribution in [2.24, 2.45) is 11.7 Å². The number of nitrogens with zero attached hydrogens (tertiary/aromatic N) is 2. The van der Waals surface area contributed by atoms with Crippen molar-refractivity contribution in [2.75, 3.05) is 26.2 Å². The minimum Gasteiger partial charge on any atom is -0.339 e. The zero-order valence-electron chi connectivity index (χ0n) is 10.5. The molecule has 0 aromatic carbocycles. The summed E-state index contributed by atoms with van der Waals surface area (Å²) in [5.74, 6) is 0.751. The van der Waals surface area contributed by atoms with E-state index in [0.29, 0.717) is 30.8 Å². The second kappa shape index (κ2) is 4.58. The predicted octanol–water partition coefficient (Wildman–Crippen LogP) is 0.420. The van der Waals surface area contributed by atoms with Gasteiger partial charge in [0, 0.05) is 31.6 Å². The molecule has 4 heteroatoms. The first-order valence-corrected chi connectivity index (χ1v) is 7.01. The van der Waals surface area contributed by atoms with Crippen molar-refractivity contribution in [1.29, 1.82) is 0 Å². The third-order valence-electron chi connectivity index (χ3n) is 4.81. The molecule has 3 aliphatic heterocycles. The van der Waals surface area contributed by atoms with Crippen LogP contribution in [0.2, 0.25) is 0 Å². The molecular formula is C13H23N3O. The molecule has 0 aromatic rings. The Morgan fingerprint density at radius 2 is 2.12 bits per heavy atom. The van der Waals surface area contributed by atoms with Gasteiger partial charge in [-0.2, -0.15) is 0 Å². The van der Waals surface area contributed by atoms with E-state index in [-0.39, 0.29) is 0 Å². The smallest absolute Gasteiger partial charge is 0.223 e. The molecule has 0 aromatic heterocycles. The number of piperidine rings is 1. The second-order valence-corrected chi connectivity index (χ2v) is 5.86. The molecule has 3 fully saturated rings. The van der Waals surface area contributed by atoms with E-state index in [1.165, 1.54) is 38.8 Å². The summed E-state index contributed by atoms with van der Waals surface area (Å²) in [5.41, 5.74) is 5.69. The van der Waals surface area contributed by atoms with Gasteiger partial charge in [0.2, 0.25) is 5.91 Å². The SMILES string of the molecule is NCC1CC(=O)N(C2CCN3CCCC3C2)C1. The number of likely N-dealkylation sites (tertiary alicyclic amines) is 1. The molecule has 96 valence electrons. The Balaban J connectivity index is 1.63. The van der Waals surface area contributed by atoms with E-state index in [1.807, 2.05) is 0 Å². The number of carbonyl (C=O) groups is 1. The molecule has 3 saturated heterocycles. The van der Waals surface area contributed by atoms with Crippen LogP contribution in [0.4, 0.5) is 0 Å². The van der Waals surface area contributed by atoms with E-state index >= 15 is 0 Å². The molecule has 0 saturated carbocycles. The number of nitrogens with two attached hydrogens (primary N) is 1. The first kappa shape index (κ1) is 11.5. The van der Waals surface area contributed by atoms with Crippen molar-refractivity contribution in [3.63, 3.8) is 0 Å². The van der Waals surface area contributed by atoms with Crippen molar-refractivity contribution in [1.82, 2.24) is 9.80 Å². The summed E-state index contributed by atoms with van der Waals surface area (Å²) >= 11 is 0. The van der Waals surface area contributed by atoms with Crippen molar-refractivity contribution in [3.05, 3.63) is 0 Å². The molecular weight excluding hydrogens is 214 g/mol. The van der Waals surface area contributed by atoms with Gasteiger partial charge in [0.05, 0.1) is 0 Å². The number of fused-ring (bicyclic) bond motifs is 1. The topological polar surface area (TPSA) is 49.6 Å². The van der Waals surface area contributed by atoms with Gasteiger partial charge in [-0.05, 0) is 44.7 Å². The number of rotatable bonds is 2. The Hall–Kier alpha value is -0.610. The van der Waals surface area contributed by atoms with Crippen molar-refractivity contribution < 1.29 is 4.79 Å². The van der Waals surface area contributed by atoms with E-state index < -0.39 is 0 Å². The molecule has 3 atom stereocenters. The Labute approximate surface area is 103 Å². The van der Waals surface area contributed by atoms with Gasteiger partial charge in [0.15, 0.2) is 0 Å². The zero-order valence-corrected chi connectivity index (χ0v) is 10.5. The first-order chi connectivity index (χ1) is 8.28. The van der Waals surface area contributed by atoms with Gasteiger partial charge in [-0.1, -0.05) is 0 Å². The maximum Gasteiger partial charge on any atom is 0.223 e. The summed E-state index contributed by atoms with van der Waals surface area (Å²) in [6, 6.07) is 1.25. The summed E-state index contributed by atoms with van der Waals surface area (Å²) in [6.45, 7) is 4.03. The van der Waals surface area contributed by atoms with E-state index in [2.05, 4.69) is 9.80 Å². The van der Waals surface area contributed by atoms with E-state index in [9.17, 15) is 4.79 Å². The van der Waals surface area contributed by atoms with Crippen LogP contribution >= 0.6 is 0 Å². The highest BCUT2D eigenvalue weighted by atomic mass is 16.2. The fourth-order valence-electron chi connectivity index (χ4n) is 3.81. The first-order valence-electron chi connectivity index (χ1n) is 7.01. The van der Waals surface area contributed by atoms with E-state index in [1.54, 1.807) is 0 Å². The highest BCUT2D eigenvalue weighted by molar-refractivity contribution is 5.79. The fraction of sp³-hybridized carbons (Fsp3) is 0.923. The minimum atomic E-state index is 0.344. The molecule has 3 aliphatic rings. The summed E-state index contributed by atoms with van der Waals surface area (Å²) < 4.78 is 0. The van der Waals surface area contributed by atoms with Gasteiger partial charge in [-0.3, -0.25) is 4.79 Å². The van der Waals surface area contributed by atoms with Crippen LogP contribution in [0.1, 0.15) is 32.1 Å². The lowest BCUT2D eigenvalue weighted by Gasteiger charge is -2.39. The average Bonchev–Trinajstić information content (AvgIpc) is 2.93. The molecule has 4 nitrogen and oxygen atoms in total. The van der Waals surface area contributed by atoms with Crippen LogP contribution in [0, 0.1) is 5.92 Å². The van der Waals surface area contributed by atoms with Gasteiger partial charge in [-0.15, -0.1) is 0 Å². The highest BCUT2D eigenvalue weighted by Crippen LogP contribution is 2.32. The molecule has 0 spiro atoms. The molecule has 0 bridgehead atoms. The maximum atomic E-state index is 12.0. The Morgan fingerprint density at radius 1 is 1.24 bits per heavy atom. The van der Waals surface area contributed by atoms with E-state index in [4.69, 9.17) is 5.73 Å². The standard InChI is InChI=1S/C13H23N3O/c14-8-10-6-13(17)16(9-10)12-3-5-15-4-1-2-11(15)7-12/h10-12H,1-9,14H2. The van der Waals surface area contributed by atoms with Gasteiger partial charge in [-0.25, -0.2) is 0 Å². The molecule has 3 heterocycles. The summed E-state index contributed by atoms with van der Waals surface area (Å²) in [7, 11) is 0. The fourth-order valence-corrected chi connectivity index (χ4v) is 3.81. The second-order valence-electron chi connectivity index (χ2n) is 5.86. The van der Waals surface area contributed by atoms with Crippen molar-refractivity contribution >= 4 is 5.91 Å². The predicted molar refractivity (Wildman–Crippen MR) is 66.5 cm³/mol. The lowest BCUT2D eigenvalue weighted by molar-refractivity contribution is -0.130. The highest BCUT2D eigenvalue weighted by Gasteiger charge is 2.39. The third-order valence-corrected chi connectivity index (χ3v) is 4.81. The molecule has 17 heavy (non-hydrogen) atoms. The summed E-state index contributed by atoms with van der Waals surface area (Å²) in [4.78, 5) is 16.7. The van der Waals surface area contributed by atoms with Gasteiger partial charge < -0.3 is 15.5 Å². The van der Waals surface area contributed by atoms with Crippen LogP contribution in [0.5, 0.6) is 0 Å². The van der Waals surface area contributed by atoms with Crippen LogP contribution in [0.15, 0.2) is 0 Å². The summed E-state index contributed by atoms with van der Waals surface area (Å²) in [5, 5.41) is 0. The quantitative estimate of drug-likeness (QED) is 0.757. The Bertz CT molecular complexity index is 307. The molecule has 0 radical (unpaired) electrons. The van der Waals surface area contributed by atoms with Crippen LogP contribution in [-0.4, -0.2) is 54.0 Å². The number of hydrogen-bond donors (Lipinski definition) is 1. The Morgan fingerprint density at radius 3 is 2.88 bits per heavy atom. The van der Waals surface area contributed by atoms with Crippen LogP contribution < -0.4 is 5.73 Å². The monoisotopic (exact) mass is 237 g/mol. The van der Waals surface area contributed by atoms with Gasteiger partial charge in [0.25, 0.3) is 0 Å². The molecule has 3 unspecified atom stereocenters. The summed E-state index contributed by atoms with van der Waals surface area (Å²) in [6.07, 6.45) is 5.72. The van der Waals surface area contributed by atoms with Crippen LogP contribution in [0.3, 0.4) is 0 Å². The number of carbonyl (C=O) groups excluding carboxylic acids is 1. The normalized spacial score (nSPS) is 38.8. The largest absolute Gasteiger partial charge is 0.339 e. The van der Waals surface area contributed by atoms with Crippen LogP contribution in [-0.2, 0) is 4.79 Å². The zero-order chi connectivity index (χ0) is 11.8. The average molecular weight is 237 g/mol. The molecule has 0 aliphatic carbocycles. The lowest BCUT2D eigenvalue weighted by atomic mass is 9.96. The number of amides is 1. The molecule has 1 amide bonds. The number of hydrogen-bond acceptors (Lipinski definition) is 3.